The number of para-hydroxylation sites is 1. The Bertz CT molecular complexity index is 1600. The number of carboxylic acids is 1. The number of anilines is 2. The third-order valence-electron chi connectivity index (χ3n) is 5.11. The lowest BCUT2D eigenvalue weighted by Crippen LogP contribution is -2.07. The molecular weight excluding hydrogens is 471 g/mol. The van der Waals surface area contributed by atoms with Crippen molar-refractivity contribution in [2.75, 3.05) is 5.32 Å². The Kier molecular flexibility index (Phi) is 5.90. The van der Waals surface area contributed by atoms with Crippen LogP contribution in [0.25, 0.3) is 34.1 Å². The molecule has 0 aliphatic carbocycles. The lowest BCUT2D eigenvalue weighted by atomic mass is 10.0. The largest absolute Gasteiger partial charge is 0.478 e. The molecule has 2 aromatic heterocycles. The van der Waals surface area contributed by atoms with E-state index in [0.717, 1.165) is 17.2 Å². The van der Waals surface area contributed by atoms with Crippen LogP contribution in [0.5, 0.6) is 0 Å². The van der Waals surface area contributed by atoms with Gasteiger partial charge < -0.3 is 10.4 Å². The average Bonchev–Trinajstić information content (AvgIpc) is 3.29. The maximum atomic E-state index is 13.6. The van der Waals surface area contributed by atoms with E-state index in [0.29, 0.717) is 28.1 Å². The molecule has 5 rings (SSSR count). The molecule has 172 valence electrons. The Morgan fingerprint density at radius 1 is 1.09 bits per heavy atom. The lowest BCUT2D eigenvalue weighted by molar-refractivity contribution is -0.131. The first-order chi connectivity index (χ1) is 17.0. The summed E-state index contributed by atoms with van der Waals surface area (Å²) in [5, 5.41) is 20.5. The quantitative estimate of drug-likeness (QED) is 0.305. The monoisotopic (exact) mass is 486 g/mol. The van der Waals surface area contributed by atoms with E-state index in [2.05, 4.69) is 25.6 Å². The number of aliphatic carboxylic acids is 1. The molecule has 3 aromatic carbocycles. The minimum Gasteiger partial charge on any atom is -0.478 e. The number of fused-ring (bicyclic) bond motifs is 1. The molecule has 0 amide bonds. The number of hydrogen-bond acceptors (Lipinski definition) is 6. The Morgan fingerprint density at radius 2 is 1.94 bits per heavy atom. The van der Waals surface area contributed by atoms with Crippen molar-refractivity contribution in [1.29, 1.82) is 0 Å². The third-order valence-corrected chi connectivity index (χ3v) is 5.40. The van der Waals surface area contributed by atoms with Crippen molar-refractivity contribution in [3.05, 3.63) is 95.4 Å². The van der Waals surface area contributed by atoms with E-state index in [1.165, 1.54) is 24.3 Å². The summed E-state index contributed by atoms with van der Waals surface area (Å²) >= 11 is 5.90. The van der Waals surface area contributed by atoms with Crippen molar-refractivity contribution in [3.8, 4) is 16.9 Å². The van der Waals surface area contributed by atoms with Crippen LogP contribution in [-0.2, 0) is 4.79 Å². The van der Waals surface area contributed by atoms with Crippen LogP contribution in [0.15, 0.2) is 79.0 Å². The SMILES string of the molecule is O=C(O)/C=C/c1cccc(-c2cnc(Nc3ccc(F)c(Cl)c3)nc2-n2nnc3ccccc32)c1. The van der Waals surface area contributed by atoms with Gasteiger partial charge in [0.2, 0.25) is 5.95 Å². The minimum atomic E-state index is -1.04. The van der Waals surface area contributed by atoms with Gasteiger partial charge >= 0.3 is 5.97 Å². The molecule has 2 N–H and O–H groups in total. The molecule has 2 heterocycles. The summed E-state index contributed by atoms with van der Waals surface area (Å²) in [6.07, 6.45) is 4.21. The third kappa shape index (κ3) is 4.71. The van der Waals surface area contributed by atoms with Gasteiger partial charge in [-0.2, -0.15) is 9.67 Å². The molecule has 0 radical (unpaired) electrons. The summed E-state index contributed by atoms with van der Waals surface area (Å²) in [5.41, 5.74) is 4.04. The molecule has 10 heteroatoms. The number of carboxylic acid groups (broad SMARTS) is 1. The predicted octanol–water partition coefficient (Wildman–Crippen LogP) is 5.51. The van der Waals surface area contributed by atoms with E-state index >= 15 is 0 Å². The number of carbonyl (C=O) groups is 1. The van der Waals surface area contributed by atoms with E-state index in [1.54, 1.807) is 16.9 Å². The molecule has 0 unspecified atom stereocenters. The molecule has 0 atom stereocenters. The summed E-state index contributed by atoms with van der Waals surface area (Å²) in [6.45, 7) is 0. The van der Waals surface area contributed by atoms with Crippen LogP contribution in [0, 0.1) is 5.82 Å². The van der Waals surface area contributed by atoms with Gasteiger partial charge in [0.05, 0.1) is 10.5 Å². The second-order valence-electron chi connectivity index (χ2n) is 7.47. The maximum Gasteiger partial charge on any atom is 0.328 e. The first-order valence-corrected chi connectivity index (χ1v) is 10.8. The lowest BCUT2D eigenvalue weighted by Gasteiger charge is -2.12. The minimum absolute atomic E-state index is 0.0275. The van der Waals surface area contributed by atoms with E-state index in [9.17, 15) is 9.18 Å². The second kappa shape index (κ2) is 9.32. The van der Waals surface area contributed by atoms with Gasteiger partial charge in [-0.3, -0.25) is 0 Å². The van der Waals surface area contributed by atoms with Crippen molar-refractivity contribution in [3.63, 3.8) is 0 Å². The summed E-state index contributed by atoms with van der Waals surface area (Å²) in [4.78, 5) is 20.0. The van der Waals surface area contributed by atoms with Crippen molar-refractivity contribution in [2.24, 2.45) is 0 Å². The van der Waals surface area contributed by atoms with Gasteiger partial charge in [-0.1, -0.05) is 47.1 Å². The first kappa shape index (κ1) is 22.2. The van der Waals surface area contributed by atoms with Crippen molar-refractivity contribution < 1.29 is 14.3 Å². The molecule has 0 saturated carbocycles. The Morgan fingerprint density at radius 3 is 2.77 bits per heavy atom. The summed E-state index contributed by atoms with van der Waals surface area (Å²) in [7, 11) is 0. The number of halogens is 2. The summed E-state index contributed by atoms with van der Waals surface area (Å²) in [6, 6.07) is 19.0. The Hall–Kier alpha value is -4.63. The summed E-state index contributed by atoms with van der Waals surface area (Å²) in [5.74, 6) is -0.873. The number of benzene rings is 3. The molecule has 0 fully saturated rings. The molecule has 0 saturated heterocycles. The van der Waals surface area contributed by atoms with E-state index in [1.807, 2.05) is 42.5 Å². The molecule has 5 aromatic rings. The van der Waals surface area contributed by atoms with Gasteiger partial charge in [0.15, 0.2) is 5.82 Å². The number of rotatable bonds is 6. The van der Waals surface area contributed by atoms with Crippen LogP contribution in [0.3, 0.4) is 0 Å². The van der Waals surface area contributed by atoms with E-state index in [-0.39, 0.29) is 11.0 Å². The van der Waals surface area contributed by atoms with Gasteiger partial charge in [0.1, 0.15) is 11.3 Å². The van der Waals surface area contributed by atoms with Crippen molar-refractivity contribution in [1.82, 2.24) is 25.0 Å². The van der Waals surface area contributed by atoms with Gasteiger partial charge in [-0.05, 0) is 53.6 Å². The van der Waals surface area contributed by atoms with Crippen LogP contribution in [0.2, 0.25) is 5.02 Å². The van der Waals surface area contributed by atoms with Gasteiger partial charge in [0, 0.05) is 23.5 Å². The van der Waals surface area contributed by atoms with E-state index < -0.39 is 11.8 Å². The van der Waals surface area contributed by atoms with Gasteiger partial charge in [0.25, 0.3) is 0 Å². The molecule has 35 heavy (non-hydrogen) atoms. The van der Waals surface area contributed by atoms with Crippen molar-refractivity contribution in [2.45, 2.75) is 0 Å². The number of nitrogens with zero attached hydrogens (tertiary/aromatic N) is 5. The zero-order valence-corrected chi connectivity index (χ0v) is 18.7. The standard InChI is InChI=1S/C25H16ClFN6O2/c26-19-13-17(9-10-20(19)27)29-25-28-14-18(16-5-3-4-15(12-16)8-11-23(34)35)24(30-25)33-22-7-2-1-6-21(22)31-32-33/h1-14H,(H,34,35)(H,28,29,30)/b11-8+. The topological polar surface area (TPSA) is 106 Å². The molecule has 0 spiro atoms. The highest BCUT2D eigenvalue weighted by molar-refractivity contribution is 6.31. The zero-order chi connectivity index (χ0) is 24.4. The fourth-order valence-corrected chi connectivity index (χ4v) is 3.68. The maximum absolute atomic E-state index is 13.6. The van der Waals surface area contributed by atoms with Gasteiger partial charge in [-0.15, -0.1) is 5.10 Å². The normalized spacial score (nSPS) is 11.3. The Balaban J connectivity index is 1.63. The molecule has 8 nitrogen and oxygen atoms in total. The fourth-order valence-electron chi connectivity index (χ4n) is 3.50. The first-order valence-electron chi connectivity index (χ1n) is 10.4. The van der Waals surface area contributed by atoms with E-state index in [4.69, 9.17) is 16.7 Å². The second-order valence-corrected chi connectivity index (χ2v) is 7.88. The smallest absolute Gasteiger partial charge is 0.328 e. The fraction of sp³-hybridized carbons (Fsp3) is 0. The Labute approximate surface area is 203 Å². The van der Waals surface area contributed by atoms with Crippen LogP contribution in [0.4, 0.5) is 16.0 Å². The van der Waals surface area contributed by atoms with Crippen LogP contribution in [-0.4, -0.2) is 36.0 Å². The number of nitrogens with one attached hydrogen (secondary N) is 1. The number of hydrogen-bond donors (Lipinski definition) is 2. The molecule has 0 bridgehead atoms. The average molecular weight is 487 g/mol. The highest BCUT2D eigenvalue weighted by atomic mass is 35.5. The van der Waals surface area contributed by atoms with Crippen LogP contribution < -0.4 is 5.32 Å². The zero-order valence-electron chi connectivity index (χ0n) is 17.9. The van der Waals surface area contributed by atoms with Crippen LogP contribution in [0.1, 0.15) is 5.56 Å². The highest BCUT2D eigenvalue weighted by Gasteiger charge is 2.16. The molecule has 0 aliphatic rings. The van der Waals surface area contributed by atoms with Gasteiger partial charge in [-0.25, -0.2) is 14.2 Å². The highest BCUT2D eigenvalue weighted by Crippen LogP contribution is 2.29. The summed E-state index contributed by atoms with van der Waals surface area (Å²) < 4.78 is 15.2. The number of aromatic nitrogens is 5. The van der Waals surface area contributed by atoms with Crippen molar-refractivity contribution >= 4 is 46.3 Å². The molecular formula is C25H16ClFN6O2. The molecule has 0 aliphatic heterocycles. The predicted molar refractivity (Wildman–Crippen MR) is 131 cm³/mol. The van der Waals surface area contributed by atoms with Crippen LogP contribution >= 0.6 is 11.6 Å².